The van der Waals surface area contributed by atoms with E-state index < -0.39 is 6.09 Å². The highest BCUT2D eigenvalue weighted by atomic mass is 32.1. The van der Waals surface area contributed by atoms with E-state index in [9.17, 15) is 14.9 Å². The molecule has 0 aliphatic heterocycles. The summed E-state index contributed by atoms with van der Waals surface area (Å²) >= 11 is 1.58. The molecule has 182 valence electrons. The Labute approximate surface area is 210 Å². The van der Waals surface area contributed by atoms with Gasteiger partial charge in [-0.2, -0.15) is 5.26 Å². The number of anilines is 1. The van der Waals surface area contributed by atoms with Gasteiger partial charge in [-0.3, -0.25) is 4.98 Å². The minimum atomic E-state index is -0.411. The molecule has 1 aliphatic rings. The zero-order chi connectivity index (χ0) is 25.0. The summed E-state index contributed by atoms with van der Waals surface area (Å²) in [6.45, 7) is 2.48. The number of fused-ring (bicyclic) bond motifs is 1. The molecule has 1 aromatic carbocycles. The van der Waals surface area contributed by atoms with Crippen LogP contribution in [-0.4, -0.2) is 30.5 Å². The summed E-state index contributed by atoms with van der Waals surface area (Å²) in [5.74, 6) is 0.355. The number of ether oxygens (including phenoxy) is 1. The lowest BCUT2D eigenvalue weighted by atomic mass is 9.94. The fourth-order valence-corrected chi connectivity index (χ4v) is 5.10. The van der Waals surface area contributed by atoms with Gasteiger partial charge in [0.1, 0.15) is 23.5 Å². The van der Waals surface area contributed by atoms with Gasteiger partial charge in [0.05, 0.1) is 5.56 Å². The number of benzene rings is 1. The van der Waals surface area contributed by atoms with Crippen molar-refractivity contribution in [2.24, 2.45) is 0 Å². The number of amides is 1. The van der Waals surface area contributed by atoms with Gasteiger partial charge in [-0.25, -0.2) is 4.79 Å². The maximum absolute atomic E-state index is 12.0. The summed E-state index contributed by atoms with van der Waals surface area (Å²) < 4.78 is 5.52. The van der Waals surface area contributed by atoms with Crippen molar-refractivity contribution in [1.29, 1.82) is 5.26 Å². The Morgan fingerprint density at radius 3 is 2.69 bits per heavy atom. The van der Waals surface area contributed by atoms with Crippen molar-refractivity contribution >= 4 is 28.7 Å². The van der Waals surface area contributed by atoms with Gasteiger partial charge in [-0.1, -0.05) is 37.3 Å². The molecular formula is C27H30N4O3S. The van der Waals surface area contributed by atoms with Crippen LogP contribution in [0.2, 0.25) is 0 Å². The molecule has 0 bridgehead atoms. The zero-order valence-electron chi connectivity index (χ0n) is 20.0. The molecular weight excluding hydrogens is 460 g/mol. The van der Waals surface area contributed by atoms with Gasteiger partial charge in [0.15, 0.2) is 0 Å². The summed E-state index contributed by atoms with van der Waals surface area (Å²) in [6.07, 6.45) is 6.57. The number of alkyl carbamates (subject to hydrolysis) is 1. The largest absolute Gasteiger partial charge is 0.446 e. The lowest BCUT2D eigenvalue weighted by Crippen LogP contribution is -2.31. The number of hydrogen-bond acceptors (Lipinski definition) is 7. The highest BCUT2D eigenvalue weighted by Gasteiger charge is 2.27. The van der Waals surface area contributed by atoms with Crippen LogP contribution < -0.4 is 10.6 Å². The van der Waals surface area contributed by atoms with E-state index in [0.717, 1.165) is 45.7 Å². The first-order chi connectivity index (χ1) is 17.0. The monoisotopic (exact) mass is 490 g/mol. The van der Waals surface area contributed by atoms with Crippen LogP contribution >= 0.6 is 11.3 Å². The number of carbonyl (C=O) groups is 2. The van der Waals surface area contributed by atoms with E-state index in [1.165, 1.54) is 5.56 Å². The second-order valence-corrected chi connectivity index (χ2v) is 9.37. The zero-order valence-corrected chi connectivity index (χ0v) is 20.8. The minimum Gasteiger partial charge on any atom is -0.446 e. The number of thiophene rings is 1. The number of hydrogen-bond donors (Lipinski definition) is 2. The minimum absolute atomic E-state index is 0.148. The fraction of sp³-hybridized carbons (Fsp3) is 0.333. The van der Waals surface area contributed by atoms with Crippen LogP contribution in [0.3, 0.4) is 0 Å². The van der Waals surface area contributed by atoms with Crippen LogP contribution in [0.15, 0.2) is 54.9 Å². The summed E-state index contributed by atoms with van der Waals surface area (Å²) in [4.78, 5) is 27.2. The van der Waals surface area contributed by atoms with Gasteiger partial charge in [0, 0.05) is 43.7 Å². The van der Waals surface area contributed by atoms with E-state index in [-0.39, 0.29) is 6.10 Å². The molecule has 0 radical (unpaired) electrons. The average Bonchev–Trinajstić information content (AvgIpc) is 3.26. The summed E-state index contributed by atoms with van der Waals surface area (Å²) in [5, 5.41) is 16.0. The van der Waals surface area contributed by atoms with E-state index in [2.05, 4.69) is 28.6 Å². The van der Waals surface area contributed by atoms with Crippen LogP contribution in [0.1, 0.15) is 52.8 Å². The van der Waals surface area contributed by atoms with Crippen LogP contribution in [-0.2, 0) is 28.9 Å². The molecule has 1 amide bonds. The molecule has 4 rings (SSSR count). The van der Waals surface area contributed by atoms with Gasteiger partial charge < -0.3 is 20.2 Å². The second kappa shape index (κ2) is 13.3. The first kappa shape index (κ1) is 25.9. The molecule has 7 nitrogen and oxygen atoms in total. The summed E-state index contributed by atoms with van der Waals surface area (Å²) in [5.41, 5.74) is 4.05. The third-order valence-electron chi connectivity index (χ3n) is 5.84. The molecule has 0 spiro atoms. The Balaban J connectivity index is 0.000000261. The predicted octanol–water partition coefficient (Wildman–Crippen LogP) is 5.22. The normalized spacial score (nSPS) is 14.8. The number of rotatable bonds is 7. The van der Waals surface area contributed by atoms with Gasteiger partial charge in [0.2, 0.25) is 0 Å². The van der Waals surface area contributed by atoms with Gasteiger partial charge >= 0.3 is 6.09 Å². The lowest BCUT2D eigenvalue weighted by molar-refractivity contribution is -0.108. The van der Waals surface area contributed by atoms with Crippen molar-refractivity contribution in [3.05, 3.63) is 82.0 Å². The van der Waals surface area contributed by atoms with Crippen molar-refractivity contribution in [1.82, 2.24) is 10.3 Å². The molecule has 2 aromatic heterocycles. The molecule has 2 unspecified atom stereocenters. The Kier molecular flexibility index (Phi) is 9.81. The van der Waals surface area contributed by atoms with E-state index in [1.807, 2.05) is 49.5 Å². The molecule has 0 saturated heterocycles. The second-order valence-electron chi connectivity index (χ2n) is 8.26. The number of carbonyl (C=O) groups excluding carboxylic acids is 2. The fourth-order valence-electron chi connectivity index (χ4n) is 3.88. The van der Waals surface area contributed by atoms with Crippen molar-refractivity contribution < 1.29 is 14.3 Å². The average molecular weight is 491 g/mol. The topological polar surface area (TPSA) is 104 Å². The molecule has 2 heterocycles. The Hall–Kier alpha value is -3.70. The van der Waals surface area contributed by atoms with E-state index >= 15 is 0 Å². The Morgan fingerprint density at radius 1 is 1.29 bits per heavy atom. The van der Waals surface area contributed by atoms with Gasteiger partial charge in [0.25, 0.3) is 0 Å². The number of aldehydes is 1. The highest BCUT2D eigenvalue weighted by Crippen LogP contribution is 2.38. The smallest absolute Gasteiger partial charge is 0.407 e. The quantitative estimate of drug-likeness (QED) is 0.440. The van der Waals surface area contributed by atoms with Crippen LogP contribution in [0.5, 0.6) is 0 Å². The van der Waals surface area contributed by atoms with E-state index in [1.54, 1.807) is 23.7 Å². The van der Waals surface area contributed by atoms with Crippen LogP contribution in [0.25, 0.3) is 0 Å². The number of pyridine rings is 1. The molecule has 0 saturated carbocycles. The van der Waals surface area contributed by atoms with Crippen LogP contribution in [0.4, 0.5) is 9.80 Å². The number of nitrogens with one attached hydrogen (secondary N) is 2. The van der Waals surface area contributed by atoms with Gasteiger partial charge in [-0.05, 0) is 47.6 Å². The molecule has 2 N–H and O–H groups in total. The maximum atomic E-state index is 12.0. The summed E-state index contributed by atoms with van der Waals surface area (Å²) in [6, 6.07) is 16.0. The molecule has 3 aromatic rings. The third-order valence-corrected chi connectivity index (χ3v) is 7.11. The molecule has 1 aliphatic carbocycles. The first-order valence-electron chi connectivity index (χ1n) is 11.6. The Morgan fingerprint density at radius 2 is 2.03 bits per heavy atom. The molecule has 2 atom stereocenters. The van der Waals surface area contributed by atoms with Crippen LogP contribution in [0, 0.1) is 11.3 Å². The maximum Gasteiger partial charge on any atom is 0.407 e. The third kappa shape index (κ3) is 7.39. The van der Waals surface area contributed by atoms with E-state index in [0.29, 0.717) is 25.3 Å². The number of nitriles is 1. The standard InChI is InChI=1S/C17H18N4O2S.C10H12O/c1-19-16-14(9-18)13-3-2-12(8-15(13)24-16)23-17(22)21-10-11-4-6-20-7-5-11;1-9(7-8-11)10-5-3-2-4-6-10/h4-7,12,19H,2-3,8,10H2,1H3,(H,21,22);2-6,8-9H,7H2,1H3. The van der Waals surface area contributed by atoms with Crippen molar-refractivity contribution in [2.45, 2.75) is 51.2 Å². The molecule has 35 heavy (non-hydrogen) atoms. The molecule has 8 heteroatoms. The lowest BCUT2D eigenvalue weighted by Gasteiger charge is -2.22. The predicted molar refractivity (Wildman–Crippen MR) is 137 cm³/mol. The number of nitrogens with zero attached hydrogens (tertiary/aromatic N) is 2. The Bertz CT molecular complexity index is 1140. The van der Waals surface area contributed by atoms with Gasteiger partial charge in [-0.15, -0.1) is 11.3 Å². The van der Waals surface area contributed by atoms with E-state index in [4.69, 9.17) is 4.74 Å². The first-order valence-corrected chi connectivity index (χ1v) is 12.4. The SMILES string of the molecule is CC(CC=O)c1ccccc1.CNc1sc2c(c1C#N)CCC(OC(=O)NCc1ccncc1)C2. The highest BCUT2D eigenvalue weighted by molar-refractivity contribution is 7.16. The van der Waals surface area contributed by atoms with Crippen molar-refractivity contribution in [2.75, 3.05) is 12.4 Å². The van der Waals surface area contributed by atoms with Crippen molar-refractivity contribution in [3.8, 4) is 6.07 Å². The van der Waals surface area contributed by atoms with Crippen molar-refractivity contribution in [3.63, 3.8) is 0 Å². The number of aromatic nitrogens is 1. The molecule has 0 fully saturated rings. The summed E-state index contributed by atoms with van der Waals surface area (Å²) in [7, 11) is 1.82.